The highest BCUT2D eigenvalue weighted by atomic mass is 32.1. The zero-order valence-electron chi connectivity index (χ0n) is 15.2. The first kappa shape index (κ1) is 17.6. The quantitative estimate of drug-likeness (QED) is 0.696. The molecule has 1 aromatic heterocycles. The molecule has 1 amide bonds. The SMILES string of the molecule is COc1ccc(C(=O)NC[C@@H](c2cccs2)N2CCc3ccccc32)cc1. The van der Waals surface area contributed by atoms with Gasteiger partial charge in [0.05, 0.1) is 13.2 Å². The highest BCUT2D eigenvalue weighted by Gasteiger charge is 2.28. The number of fused-ring (bicyclic) bond motifs is 1. The van der Waals surface area contributed by atoms with Crippen molar-refractivity contribution in [1.82, 2.24) is 5.32 Å². The molecule has 0 bridgehead atoms. The maximum Gasteiger partial charge on any atom is 0.251 e. The molecule has 0 saturated heterocycles. The number of nitrogens with one attached hydrogen (secondary N) is 1. The molecule has 4 rings (SSSR count). The van der Waals surface area contributed by atoms with Crippen molar-refractivity contribution < 1.29 is 9.53 Å². The maximum absolute atomic E-state index is 12.6. The van der Waals surface area contributed by atoms with Crippen LogP contribution in [0.5, 0.6) is 5.75 Å². The van der Waals surface area contributed by atoms with Gasteiger partial charge >= 0.3 is 0 Å². The Hall–Kier alpha value is -2.79. The van der Waals surface area contributed by atoms with E-state index in [1.54, 1.807) is 30.6 Å². The van der Waals surface area contributed by atoms with E-state index < -0.39 is 0 Å². The second-order valence-corrected chi connectivity index (χ2v) is 7.52. The molecular formula is C22H22N2O2S. The lowest BCUT2D eigenvalue weighted by atomic mass is 10.1. The molecule has 0 unspecified atom stereocenters. The first-order valence-corrected chi connectivity index (χ1v) is 9.94. The van der Waals surface area contributed by atoms with Crippen LogP contribution >= 0.6 is 11.3 Å². The van der Waals surface area contributed by atoms with E-state index in [4.69, 9.17) is 4.74 Å². The summed E-state index contributed by atoms with van der Waals surface area (Å²) in [7, 11) is 1.62. The predicted molar refractivity (Wildman–Crippen MR) is 110 cm³/mol. The molecule has 2 heterocycles. The lowest BCUT2D eigenvalue weighted by Gasteiger charge is -2.30. The summed E-state index contributed by atoms with van der Waals surface area (Å²) in [5, 5.41) is 5.21. The Morgan fingerprint density at radius 1 is 1.15 bits per heavy atom. The minimum absolute atomic E-state index is 0.0632. The normalized spacial score (nSPS) is 13.9. The minimum atomic E-state index is -0.0632. The first-order chi connectivity index (χ1) is 13.3. The number of anilines is 1. The molecule has 1 aliphatic heterocycles. The Bertz CT molecular complexity index is 906. The van der Waals surface area contributed by atoms with Crippen LogP contribution in [0.3, 0.4) is 0 Å². The Morgan fingerprint density at radius 3 is 2.70 bits per heavy atom. The van der Waals surface area contributed by atoms with Gasteiger partial charge in [0.15, 0.2) is 0 Å². The third-order valence-corrected chi connectivity index (χ3v) is 5.95. The highest BCUT2D eigenvalue weighted by Crippen LogP contribution is 2.36. The van der Waals surface area contributed by atoms with Crippen molar-refractivity contribution in [3.8, 4) is 5.75 Å². The largest absolute Gasteiger partial charge is 0.497 e. The molecule has 0 fully saturated rings. The Balaban J connectivity index is 1.52. The lowest BCUT2D eigenvalue weighted by Crippen LogP contribution is -2.37. The molecule has 5 heteroatoms. The number of nitrogens with zero attached hydrogens (tertiary/aromatic N) is 1. The highest BCUT2D eigenvalue weighted by molar-refractivity contribution is 7.10. The van der Waals surface area contributed by atoms with Crippen molar-refractivity contribution in [1.29, 1.82) is 0 Å². The molecule has 1 atom stereocenters. The summed E-state index contributed by atoms with van der Waals surface area (Å²) in [4.78, 5) is 16.3. The molecule has 0 radical (unpaired) electrons. The van der Waals surface area contributed by atoms with Crippen LogP contribution in [-0.2, 0) is 6.42 Å². The van der Waals surface area contributed by atoms with Crippen molar-refractivity contribution in [3.05, 3.63) is 82.0 Å². The molecule has 0 saturated carbocycles. The van der Waals surface area contributed by atoms with Crippen molar-refractivity contribution in [3.63, 3.8) is 0 Å². The fourth-order valence-electron chi connectivity index (χ4n) is 3.57. The average molecular weight is 378 g/mol. The molecule has 138 valence electrons. The molecular weight excluding hydrogens is 356 g/mol. The second-order valence-electron chi connectivity index (χ2n) is 6.54. The van der Waals surface area contributed by atoms with Gasteiger partial charge in [-0.3, -0.25) is 4.79 Å². The third kappa shape index (κ3) is 3.69. The van der Waals surface area contributed by atoms with Gasteiger partial charge in [-0.25, -0.2) is 0 Å². The molecule has 1 aliphatic rings. The number of carbonyl (C=O) groups excluding carboxylic acids is 1. The summed E-state index contributed by atoms with van der Waals surface area (Å²) in [6.45, 7) is 1.54. The van der Waals surface area contributed by atoms with Crippen molar-refractivity contribution in [2.24, 2.45) is 0 Å². The first-order valence-electron chi connectivity index (χ1n) is 9.06. The maximum atomic E-state index is 12.6. The molecule has 0 spiro atoms. The van der Waals surface area contributed by atoms with Crippen LogP contribution in [0, 0.1) is 0 Å². The number of benzene rings is 2. The molecule has 27 heavy (non-hydrogen) atoms. The number of hydrogen-bond acceptors (Lipinski definition) is 4. The monoisotopic (exact) mass is 378 g/mol. The number of thiophene rings is 1. The van der Waals surface area contributed by atoms with E-state index in [-0.39, 0.29) is 11.9 Å². The van der Waals surface area contributed by atoms with Crippen LogP contribution < -0.4 is 15.0 Å². The number of rotatable bonds is 6. The Kier molecular flexibility index (Phi) is 5.12. The number of amides is 1. The predicted octanol–water partition coefficient (Wildman–Crippen LogP) is 4.29. The third-order valence-electron chi connectivity index (χ3n) is 4.98. The van der Waals surface area contributed by atoms with E-state index in [1.165, 1.54) is 16.1 Å². The van der Waals surface area contributed by atoms with E-state index >= 15 is 0 Å². The topological polar surface area (TPSA) is 41.6 Å². The Labute approximate surface area is 163 Å². The summed E-state index contributed by atoms with van der Waals surface area (Å²) >= 11 is 1.74. The standard InChI is InChI=1S/C22H22N2O2S/c1-26-18-10-8-17(9-11-18)22(25)23-15-20(21-7-4-14-27-21)24-13-12-16-5-2-3-6-19(16)24/h2-11,14,20H,12-13,15H2,1H3,(H,23,25)/t20-/m0/s1. The molecule has 1 N–H and O–H groups in total. The fourth-order valence-corrected chi connectivity index (χ4v) is 4.41. The average Bonchev–Trinajstić information content (AvgIpc) is 3.39. The van der Waals surface area contributed by atoms with Crippen molar-refractivity contribution >= 4 is 22.9 Å². The second kappa shape index (κ2) is 7.84. The van der Waals surface area contributed by atoms with E-state index in [9.17, 15) is 4.79 Å². The number of ether oxygens (including phenoxy) is 1. The lowest BCUT2D eigenvalue weighted by molar-refractivity contribution is 0.0951. The zero-order valence-corrected chi connectivity index (χ0v) is 16.0. The van der Waals surface area contributed by atoms with Gasteiger partial charge in [0.1, 0.15) is 5.75 Å². The van der Waals surface area contributed by atoms with Gasteiger partial charge in [-0.1, -0.05) is 24.3 Å². The number of carbonyl (C=O) groups is 1. The van der Waals surface area contributed by atoms with Gasteiger partial charge in [0.2, 0.25) is 0 Å². The van der Waals surface area contributed by atoms with E-state index in [0.29, 0.717) is 12.1 Å². The molecule has 4 nitrogen and oxygen atoms in total. The van der Waals surface area contributed by atoms with Crippen LogP contribution in [0.25, 0.3) is 0 Å². The summed E-state index contributed by atoms with van der Waals surface area (Å²) in [6, 6.07) is 20.1. The van der Waals surface area contributed by atoms with Crippen LogP contribution in [0.4, 0.5) is 5.69 Å². The Morgan fingerprint density at radius 2 is 1.96 bits per heavy atom. The smallest absolute Gasteiger partial charge is 0.251 e. The van der Waals surface area contributed by atoms with Crippen LogP contribution in [0.1, 0.15) is 26.8 Å². The zero-order chi connectivity index (χ0) is 18.6. The van der Waals surface area contributed by atoms with E-state index in [1.807, 2.05) is 12.1 Å². The number of para-hydroxylation sites is 1. The molecule has 2 aromatic carbocycles. The van der Waals surface area contributed by atoms with E-state index in [0.717, 1.165) is 18.7 Å². The molecule has 3 aromatic rings. The van der Waals surface area contributed by atoms with Crippen molar-refractivity contribution in [2.45, 2.75) is 12.5 Å². The van der Waals surface area contributed by atoms with Gasteiger partial charge in [-0.2, -0.15) is 0 Å². The summed E-state index contributed by atoms with van der Waals surface area (Å²) in [5.74, 6) is 0.684. The summed E-state index contributed by atoms with van der Waals surface area (Å²) < 4.78 is 5.16. The fraction of sp³-hybridized carbons (Fsp3) is 0.227. The van der Waals surface area contributed by atoms with E-state index in [2.05, 4.69) is 52.0 Å². The van der Waals surface area contributed by atoms with Crippen LogP contribution in [0.15, 0.2) is 66.0 Å². The van der Waals surface area contributed by atoms with Gasteiger partial charge in [0.25, 0.3) is 5.91 Å². The summed E-state index contributed by atoms with van der Waals surface area (Å²) in [5.41, 5.74) is 3.29. The van der Waals surface area contributed by atoms with Crippen LogP contribution in [0.2, 0.25) is 0 Å². The van der Waals surface area contributed by atoms with Gasteiger partial charge < -0.3 is 15.0 Å². The minimum Gasteiger partial charge on any atom is -0.497 e. The van der Waals surface area contributed by atoms with Gasteiger partial charge in [-0.05, 0) is 53.8 Å². The number of hydrogen-bond donors (Lipinski definition) is 1. The van der Waals surface area contributed by atoms with Gasteiger partial charge in [-0.15, -0.1) is 11.3 Å². The number of methoxy groups -OCH3 is 1. The summed E-state index contributed by atoms with van der Waals surface area (Å²) in [6.07, 6.45) is 1.05. The van der Waals surface area contributed by atoms with Gasteiger partial charge in [0, 0.05) is 29.2 Å². The van der Waals surface area contributed by atoms with Crippen molar-refractivity contribution in [2.75, 3.05) is 25.1 Å². The molecule has 0 aliphatic carbocycles. The van der Waals surface area contributed by atoms with Crippen LogP contribution in [-0.4, -0.2) is 26.1 Å².